The van der Waals surface area contributed by atoms with Crippen LogP contribution in [0.4, 0.5) is 0 Å². The Kier molecular flexibility index (Phi) is 4.97. The SMILES string of the molecule is CC1CCCC(CN)N1CC=Cc1ccccc1. The molecule has 2 unspecified atom stereocenters. The van der Waals surface area contributed by atoms with Crippen molar-refractivity contribution in [2.75, 3.05) is 13.1 Å². The molecule has 0 bridgehead atoms. The average Bonchev–Trinajstić information content (AvgIpc) is 2.41. The second kappa shape index (κ2) is 6.72. The van der Waals surface area contributed by atoms with Gasteiger partial charge >= 0.3 is 0 Å². The van der Waals surface area contributed by atoms with Gasteiger partial charge in [-0.05, 0) is 25.3 Å². The van der Waals surface area contributed by atoms with Crippen LogP contribution >= 0.6 is 0 Å². The first kappa shape index (κ1) is 13.3. The number of hydrogen-bond donors (Lipinski definition) is 1. The highest BCUT2D eigenvalue weighted by Gasteiger charge is 2.25. The average molecular weight is 244 g/mol. The molecule has 0 saturated carbocycles. The molecule has 1 aliphatic rings. The van der Waals surface area contributed by atoms with Crippen LogP contribution in [0.15, 0.2) is 36.4 Å². The van der Waals surface area contributed by atoms with Gasteiger partial charge in [-0.2, -0.15) is 0 Å². The summed E-state index contributed by atoms with van der Waals surface area (Å²) in [4.78, 5) is 2.54. The van der Waals surface area contributed by atoms with Crippen molar-refractivity contribution < 1.29 is 0 Å². The summed E-state index contributed by atoms with van der Waals surface area (Å²) in [6, 6.07) is 11.7. The molecule has 0 radical (unpaired) electrons. The molecule has 1 aliphatic heterocycles. The zero-order chi connectivity index (χ0) is 12.8. The number of nitrogens with two attached hydrogens (primary N) is 1. The summed E-state index contributed by atoms with van der Waals surface area (Å²) >= 11 is 0. The van der Waals surface area contributed by atoms with Crippen molar-refractivity contribution in [3.05, 3.63) is 42.0 Å². The number of benzene rings is 1. The first-order valence-corrected chi connectivity index (χ1v) is 6.98. The minimum atomic E-state index is 0.564. The van der Waals surface area contributed by atoms with Gasteiger partial charge in [0.05, 0.1) is 0 Å². The molecule has 1 heterocycles. The van der Waals surface area contributed by atoms with Gasteiger partial charge in [0.25, 0.3) is 0 Å². The molecule has 1 fully saturated rings. The molecule has 0 aromatic heterocycles. The van der Waals surface area contributed by atoms with Crippen molar-refractivity contribution in [1.29, 1.82) is 0 Å². The fraction of sp³-hybridized carbons (Fsp3) is 0.500. The van der Waals surface area contributed by atoms with E-state index in [-0.39, 0.29) is 0 Å². The maximum absolute atomic E-state index is 5.87. The summed E-state index contributed by atoms with van der Waals surface area (Å²) in [6.07, 6.45) is 8.34. The minimum absolute atomic E-state index is 0.564. The number of piperidine rings is 1. The molecular formula is C16H24N2. The van der Waals surface area contributed by atoms with Gasteiger partial charge in [-0.15, -0.1) is 0 Å². The number of likely N-dealkylation sites (tertiary alicyclic amines) is 1. The lowest BCUT2D eigenvalue weighted by molar-refractivity contribution is 0.112. The topological polar surface area (TPSA) is 29.3 Å². The third kappa shape index (κ3) is 3.44. The molecular weight excluding hydrogens is 220 g/mol. The molecule has 2 N–H and O–H groups in total. The summed E-state index contributed by atoms with van der Waals surface area (Å²) in [7, 11) is 0. The van der Waals surface area contributed by atoms with Gasteiger partial charge in [0.1, 0.15) is 0 Å². The lowest BCUT2D eigenvalue weighted by Crippen LogP contribution is -2.48. The van der Waals surface area contributed by atoms with Crippen molar-refractivity contribution in [3.8, 4) is 0 Å². The summed E-state index contributed by atoms with van der Waals surface area (Å²) in [5.74, 6) is 0. The van der Waals surface area contributed by atoms with E-state index in [1.54, 1.807) is 0 Å². The Balaban J connectivity index is 1.93. The number of nitrogens with zero attached hydrogens (tertiary/aromatic N) is 1. The Hall–Kier alpha value is -1.12. The fourth-order valence-electron chi connectivity index (χ4n) is 2.80. The van der Waals surface area contributed by atoms with Crippen LogP contribution in [-0.4, -0.2) is 30.1 Å². The van der Waals surface area contributed by atoms with Crippen LogP contribution in [0.5, 0.6) is 0 Å². The van der Waals surface area contributed by atoms with Crippen LogP contribution in [0, 0.1) is 0 Å². The van der Waals surface area contributed by atoms with Gasteiger partial charge in [-0.3, -0.25) is 4.90 Å². The van der Waals surface area contributed by atoms with Gasteiger partial charge in [-0.25, -0.2) is 0 Å². The second-order valence-corrected chi connectivity index (χ2v) is 5.18. The molecule has 2 atom stereocenters. The smallest absolute Gasteiger partial charge is 0.0224 e. The summed E-state index contributed by atoms with van der Waals surface area (Å²) in [5, 5.41) is 0. The summed E-state index contributed by atoms with van der Waals surface area (Å²) < 4.78 is 0. The predicted molar refractivity (Wildman–Crippen MR) is 78.3 cm³/mol. The third-order valence-corrected chi connectivity index (χ3v) is 3.89. The molecule has 2 nitrogen and oxygen atoms in total. The van der Waals surface area contributed by atoms with E-state index < -0.39 is 0 Å². The Labute approximate surface area is 110 Å². The zero-order valence-corrected chi connectivity index (χ0v) is 11.3. The van der Waals surface area contributed by atoms with Crippen LogP contribution in [0.3, 0.4) is 0 Å². The van der Waals surface area contributed by atoms with Crippen LogP contribution in [0.1, 0.15) is 31.7 Å². The van der Waals surface area contributed by atoms with Crippen molar-refractivity contribution in [3.63, 3.8) is 0 Å². The molecule has 0 spiro atoms. The fourth-order valence-corrected chi connectivity index (χ4v) is 2.80. The van der Waals surface area contributed by atoms with Gasteiger partial charge < -0.3 is 5.73 Å². The molecule has 1 saturated heterocycles. The molecule has 0 aliphatic carbocycles. The first-order valence-electron chi connectivity index (χ1n) is 6.98. The molecule has 1 aromatic carbocycles. The van der Waals surface area contributed by atoms with Crippen LogP contribution in [0.2, 0.25) is 0 Å². The van der Waals surface area contributed by atoms with E-state index in [4.69, 9.17) is 5.73 Å². The van der Waals surface area contributed by atoms with E-state index >= 15 is 0 Å². The Bertz CT molecular complexity index is 372. The monoisotopic (exact) mass is 244 g/mol. The molecule has 0 amide bonds. The quantitative estimate of drug-likeness (QED) is 0.882. The van der Waals surface area contributed by atoms with E-state index in [2.05, 4.69) is 54.3 Å². The summed E-state index contributed by atoms with van der Waals surface area (Å²) in [6.45, 7) is 4.11. The van der Waals surface area contributed by atoms with Crippen molar-refractivity contribution in [1.82, 2.24) is 4.90 Å². The maximum atomic E-state index is 5.87. The highest BCUT2D eigenvalue weighted by molar-refractivity contribution is 5.48. The third-order valence-electron chi connectivity index (χ3n) is 3.89. The minimum Gasteiger partial charge on any atom is -0.329 e. The molecule has 2 rings (SSSR count). The van der Waals surface area contributed by atoms with E-state index in [1.807, 2.05) is 0 Å². The highest BCUT2D eigenvalue weighted by Crippen LogP contribution is 2.22. The van der Waals surface area contributed by atoms with Crippen LogP contribution < -0.4 is 5.73 Å². The van der Waals surface area contributed by atoms with Crippen LogP contribution in [0.25, 0.3) is 6.08 Å². The molecule has 18 heavy (non-hydrogen) atoms. The Morgan fingerprint density at radius 2 is 2.06 bits per heavy atom. The van der Waals surface area contributed by atoms with Gasteiger partial charge in [0, 0.05) is 25.2 Å². The number of hydrogen-bond acceptors (Lipinski definition) is 2. The van der Waals surface area contributed by atoms with E-state index in [1.165, 1.54) is 24.8 Å². The second-order valence-electron chi connectivity index (χ2n) is 5.18. The molecule has 2 heteroatoms. The van der Waals surface area contributed by atoms with E-state index in [0.717, 1.165) is 13.1 Å². The zero-order valence-electron chi connectivity index (χ0n) is 11.3. The number of rotatable bonds is 4. The van der Waals surface area contributed by atoms with Crippen molar-refractivity contribution >= 4 is 6.08 Å². The molecule has 1 aromatic rings. The predicted octanol–water partition coefficient (Wildman–Crippen LogP) is 2.90. The Morgan fingerprint density at radius 3 is 2.78 bits per heavy atom. The standard InChI is InChI=1S/C16H24N2/c1-14-7-5-11-16(13-17)18(14)12-6-10-15-8-3-2-4-9-15/h2-4,6,8-10,14,16H,5,7,11-13,17H2,1H3. The first-order chi connectivity index (χ1) is 8.81. The van der Waals surface area contributed by atoms with E-state index in [0.29, 0.717) is 12.1 Å². The molecule has 98 valence electrons. The van der Waals surface area contributed by atoms with Crippen LogP contribution in [-0.2, 0) is 0 Å². The van der Waals surface area contributed by atoms with Gasteiger partial charge in [0.15, 0.2) is 0 Å². The normalized spacial score (nSPS) is 25.7. The summed E-state index contributed by atoms with van der Waals surface area (Å²) in [5.41, 5.74) is 7.14. The largest absolute Gasteiger partial charge is 0.329 e. The van der Waals surface area contributed by atoms with Gasteiger partial charge in [-0.1, -0.05) is 48.9 Å². The highest BCUT2D eigenvalue weighted by atomic mass is 15.2. The van der Waals surface area contributed by atoms with Gasteiger partial charge in [0.2, 0.25) is 0 Å². The van der Waals surface area contributed by atoms with Crippen molar-refractivity contribution in [2.45, 2.75) is 38.3 Å². The van der Waals surface area contributed by atoms with E-state index in [9.17, 15) is 0 Å². The lowest BCUT2D eigenvalue weighted by Gasteiger charge is -2.39. The Morgan fingerprint density at radius 1 is 1.28 bits per heavy atom. The van der Waals surface area contributed by atoms with Crippen molar-refractivity contribution in [2.24, 2.45) is 5.73 Å². The lowest BCUT2D eigenvalue weighted by atomic mass is 9.96. The maximum Gasteiger partial charge on any atom is 0.0224 e.